The van der Waals surface area contributed by atoms with Crippen molar-refractivity contribution in [1.82, 2.24) is 39.8 Å². The molecule has 4 aromatic rings. The van der Waals surface area contributed by atoms with Crippen LogP contribution in [-0.2, 0) is 11.2 Å². The van der Waals surface area contributed by atoms with Crippen molar-refractivity contribution in [1.29, 1.82) is 0 Å². The Labute approximate surface area is 313 Å². The third kappa shape index (κ3) is 8.71. The van der Waals surface area contributed by atoms with Gasteiger partial charge in [0.25, 0.3) is 23.2 Å². The van der Waals surface area contributed by atoms with E-state index in [1.54, 1.807) is 29.2 Å². The van der Waals surface area contributed by atoms with Gasteiger partial charge in [0, 0.05) is 49.5 Å². The lowest BCUT2D eigenvalue weighted by Crippen LogP contribution is -2.50. The first-order valence-corrected chi connectivity index (χ1v) is 18.1. The van der Waals surface area contributed by atoms with Gasteiger partial charge in [-0.25, -0.2) is 23.7 Å². The van der Waals surface area contributed by atoms with Crippen molar-refractivity contribution in [3.63, 3.8) is 0 Å². The van der Waals surface area contributed by atoms with Gasteiger partial charge < -0.3 is 20.2 Å². The normalized spacial score (nSPS) is 16.5. The summed E-state index contributed by atoms with van der Waals surface area (Å²) >= 11 is 7.43. The maximum Gasteiger partial charge on any atom is 0.297 e. The number of aromatic hydroxyl groups is 1. The number of thiophene rings is 1. The van der Waals surface area contributed by atoms with Crippen LogP contribution in [0.15, 0.2) is 58.1 Å². The molecule has 2 amide bonds. The fourth-order valence-electron chi connectivity index (χ4n) is 5.82. The molecule has 1 fully saturated rings. The van der Waals surface area contributed by atoms with Gasteiger partial charge >= 0.3 is 0 Å². The molecule has 1 atom stereocenters. The van der Waals surface area contributed by atoms with Gasteiger partial charge in [0.05, 0.1) is 22.1 Å². The number of allylic oxidation sites excluding steroid dienone is 5. The van der Waals surface area contributed by atoms with Crippen molar-refractivity contribution in [2.45, 2.75) is 53.4 Å². The fourth-order valence-corrected chi connectivity index (χ4v) is 6.77. The summed E-state index contributed by atoms with van der Waals surface area (Å²) in [5, 5.41) is 18.0. The highest BCUT2D eigenvalue weighted by atomic mass is 35.5. The Morgan fingerprint density at radius 3 is 2.51 bits per heavy atom. The lowest BCUT2D eigenvalue weighted by molar-refractivity contribution is -0.118. The van der Waals surface area contributed by atoms with Gasteiger partial charge in [-0.05, 0) is 56.7 Å². The zero-order valence-corrected chi connectivity index (χ0v) is 31.5. The molecular formula is C36H40ClF2N9O4S. The number of alkyl halides is 2. The molecule has 5 heterocycles. The van der Waals surface area contributed by atoms with Crippen LogP contribution in [0.5, 0.6) is 5.75 Å². The maximum atomic E-state index is 13.7. The van der Waals surface area contributed by atoms with Crippen molar-refractivity contribution in [3.05, 3.63) is 97.0 Å². The van der Waals surface area contributed by atoms with Crippen LogP contribution in [0.25, 0.3) is 17.4 Å². The summed E-state index contributed by atoms with van der Waals surface area (Å²) in [7, 11) is 0. The first kappa shape index (κ1) is 39.0. The molecule has 1 unspecified atom stereocenters. The lowest BCUT2D eigenvalue weighted by atomic mass is 9.94. The van der Waals surface area contributed by atoms with Gasteiger partial charge in [0.2, 0.25) is 5.91 Å². The number of amides is 2. The molecule has 6 rings (SSSR count). The molecule has 1 aliphatic heterocycles. The second-order valence-electron chi connectivity index (χ2n) is 12.6. The molecule has 2 aliphatic rings. The van der Waals surface area contributed by atoms with Crippen molar-refractivity contribution in [3.8, 4) is 5.75 Å². The van der Waals surface area contributed by atoms with Crippen LogP contribution in [0.1, 0.15) is 65.3 Å². The number of nitrogens with zero attached hydrogens (tertiary/aromatic N) is 7. The van der Waals surface area contributed by atoms with Gasteiger partial charge in [0.15, 0.2) is 17.3 Å². The van der Waals surface area contributed by atoms with Gasteiger partial charge in [0.1, 0.15) is 12.0 Å². The first-order valence-electron chi connectivity index (χ1n) is 16.8. The number of hydrogen-bond acceptors (Lipinski definition) is 10. The largest absolute Gasteiger partial charge is 0.504 e. The molecule has 1 saturated heterocycles. The van der Waals surface area contributed by atoms with E-state index in [9.17, 15) is 28.3 Å². The van der Waals surface area contributed by atoms with Crippen molar-refractivity contribution in [2.75, 3.05) is 31.1 Å². The highest BCUT2D eigenvalue weighted by Gasteiger charge is 2.34. The molecule has 0 bridgehead atoms. The summed E-state index contributed by atoms with van der Waals surface area (Å²) in [6.07, 6.45) is 8.48. The van der Waals surface area contributed by atoms with E-state index in [2.05, 4.69) is 31.9 Å². The topological polar surface area (TPSA) is 162 Å². The standard InChI is InChI=1S/C26H28N8O3S.C10H12ClF2NO/c1-5-17(13-18-7-12-38-16(18)4)23-30-26-29-19(6-2)21(25(37)34(26)31-23)32-8-10-33(11-9-32)24(36)20-22(35)15(3)27-14-28-20;1-6(15)14-9-4-3-7(5-8(9)11)10(2,12)13/h5,7,12-14,35H,1,6,8-11H2,2-4H3,(H,29,30,31);4-5,7H,3H2,1-2H3,(H,14,15)/b17-13+;. The monoisotopic (exact) mass is 767 g/mol. The smallest absolute Gasteiger partial charge is 0.297 e. The van der Waals surface area contributed by atoms with E-state index in [4.69, 9.17) is 16.6 Å². The van der Waals surface area contributed by atoms with Crippen LogP contribution >= 0.6 is 22.9 Å². The minimum Gasteiger partial charge on any atom is -0.504 e. The zero-order valence-electron chi connectivity index (χ0n) is 29.9. The summed E-state index contributed by atoms with van der Waals surface area (Å²) in [6.45, 7) is 13.3. The van der Waals surface area contributed by atoms with Crippen LogP contribution in [0.3, 0.4) is 0 Å². The number of aromatic amines is 1. The summed E-state index contributed by atoms with van der Waals surface area (Å²) in [6, 6.07) is 2.03. The Balaban J connectivity index is 0.000000303. The van der Waals surface area contributed by atoms with E-state index >= 15 is 0 Å². The summed E-state index contributed by atoms with van der Waals surface area (Å²) in [5.74, 6) is -3.74. The molecule has 53 heavy (non-hydrogen) atoms. The Bertz CT molecular complexity index is 2190. The number of anilines is 1. The quantitative estimate of drug-likeness (QED) is 0.193. The Morgan fingerprint density at radius 2 is 1.92 bits per heavy atom. The van der Waals surface area contributed by atoms with Crippen LogP contribution in [0.4, 0.5) is 14.5 Å². The Kier molecular flexibility index (Phi) is 11.9. The number of fused-ring (bicyclic) bond motifs is 1. The van der Waals surface area contributed by atoms with E-state index < -0.39 is 11.8 Å². The van der Waals surface area contributed by atoms with Crippen LogP contribution in [0.2, 0.25) is 0 Å². The van der Waals surface area contributed by atoms with Crippen LogP contribution in [0, 0.1) is 19.8 Å². The molecule has 4 aromatic heterocycles. The molecule has 13 nitrogen and oxygen atoms in total. The molecular weight excluding hydrogens is 728 g/mol. The van der Waals surface area contributed by atoms with Crippen LogP contribution < -0.4 is 15.8 Å². The summed E-state index contributed by atoms with van der Waals surface area (Å²) in [4.78, 5) is 59.3. The van der Waals surface area contributed by atoms with E-state index in [-0.39, 0.29) is 40.3 Å². The van der Waals surface area contributed by atoms with E-state index in [0.717, 1.165) is 18.1 Å². The Hall–Kier alpha value is -5.22. The molecule has 280 valence electrons. The summed E-state index contributed by atoms with van der Waals surface area (Å²) < 4.78 is 27.3. The number of nitrogens with one attached hydrogen (secondary N) is 2. The average molecular weight is 768 g/mol. The van der Waals surface area contributed by atoms with E-state index in [1.807, 2.05) is 36.3 Å². The van der Waals surface area contributed by atoms with E-state index in [1.165, 1.54) is 34.8 Å². The molecule has 0 spiro atoms. The molecule has 3 N–H and O–H groups in total. The molecule has 1 aliphatic carbocycles. The predicted octanol–water partition coefficient (Wildman–Crippen LogP) is 5.65. The van der Waals surface area contributed by atoms with Crippen molar-refractivity contribution >= 4 is 57.9 Å². The number of piperazine rings is 1. The number of hydrogen-bond donors (Lipinski definition) is 3. The molecule has 0 radical (unpaired) electrons. The van der Waals surface area contributed by atoms with Gasteiger partial charge in [-0.15, -0.1) is 11.3 Å². The number of carbonyl (C=O) groups is 2. The second-order valence-corrected chi connectivity index (χ2v) is 14.1. The summed E-state index contributed by atoms with van der Waals surface area (Å²) in [5.41, 5.74) is 3.46. The number of halogens is 3. The Morgan fingerprint density at radius 1 is 1.21 bits per heavy atom. The lowest BCUT2D eigenvalue weighted by Gasteiger charge is -2.36. The van der Waals surface area contributed by atoms with Crippen LogP contribution in [-0.4, -0.2) is 83.5 Å². The fraction of sp³-hybridized carbons (Fsp3) is 0.361. The second kappa shape index (κ2) is 16.2. The van der Waals surface area contributed by atoms with Gasteiger partial charge in [-0.1, -0.05) is 43.3 Å². The zero-order chi connectivity index (χ0) is 38.6. The average Bonchev–Trinajstić information content (AvgIpc) is 3.74. The number of H-pyrrole nitrogens is 1. The number of carbonyl (C=O) groups excluding carboxylic acids is 2. The first-order chi connectivity index (χ1) is 25.1. The predicted molar refractivity (Wildman–Crippen MR) is 201 cm³/mol. The molecule has 0 saturated carbocycles. The van der Waals surface area contributed by atoms with E-state index in [0.29, 0.717) is 67.0 Å². The number of aromatic nitrogens is 6. The minimum atomic E-state index is -2.79. The highest BCUT2D eigenvalue weighted by Crippen LogP contribution is 2.34. The minimum absolute atomic E-state index is 0.0166. The SMILES string of the molecule is C=C/C(=C\c1ccsc1C)c1nc2nc(CC)c(N3CCN(C(=O)c4ncnc(C)c4O)CC3)c(=O)n2[nH]1.CC(=O)NC1=CCC(C(C)(F)F)C=C1Cl. The van der Waals surface area contributed by atoms with Gasteiger partial charge in [-0.3, -0.25) is 19.5 Å². The van der Waals surface area contributed by atoms with Crippen molar-refractivity contribution < 1.29 is 23.5 Å². The third-order valence-electron chi connectivity index (χ3n) is 8.82. The van der Waals surface area contributed by atoms with Crippen molar-refractivity contribution in [2.24, 2.45) is 5.92 Å². The third-order valence-corrected chi connectivity index (χ3v) is 10.0. The molecule has 17 heteroatoms. The highest BCUT2D eigenvalue weighted by molar-refractivity contribution is 7.10. The maximum absolute atomic E-state index is 13.7. The molecule has 0 aromatic carbocycles. The number of aryl methyl sites for hydroxylation is 3. The van der Waals surface area contributed by atoms with Gasteiger partial charge in [-0.2, -0.15) is 9.50 Å². The number of rotatable bonds is 8.